The van der Waals surface area contributed by atoms with Gasteiger partial charge in [-0.1, -0.05) is 48.5 Å². The van der Waals surface area contributed by atoms with Crippen LogP contribution in [-0.2, 0) is 0 Å². The highest BCUT2D eigenvalue weighted by Gasteiger charge is 2.13. The van der Waals surface area contributed by atoms with Gasteiger partial charge in [-0.15, -0.1) is 0 Å². The van der Waals surface area contributed by atoms with E-state index in [9.17, 15) is 4.79 Å². The van der Waals surface area contributed by atoms with Gasteiger partial charge in [0, 0.05) is 22.7 Å². The van der Waals surface area contributed by atoms with Crippen LogP contribution in [0.15, 0.2) is 60.8 Å². The number of carbonyl (C=O) groups is 1. The van der Waals surface area contributed by atoms with Crippen molar-refractivity contribution in [1.82, 2.24) is 4.98 Å². The smallest absolute Gasteiger partial charge is 0.194 e. The van der Waals surface area contributed by atoms with Gasteiger partial charge in [0.25, 0.3) is 0 Å². The first-order chi connectivity index (χ1) is 9.27. The second kappa shape index (κ2) is 4.65. The van der Waals surface area contributed by atoms with Crippen molar-refractivity contribution in [1.29, 1.82) is 0 Å². The van der Waals surface area contributed by atoms with Gasteiger partial charge in [0.1, 0.15) is 0 Å². The molecule has 0 N–H and O–H groups in total. The molecule has 0 aliphatic carbocycles. The lowest BCUT2D eigenvalue weighted by Crippen LogP contribution is -2.04. The molecule has 1 aromatic heterocycles. The molecule has 0 atom stereocenters. The highest BCUT2D eigenvalue weighted by Crippen LogP contribution is 2.21. The Bertz CT molecular complexity index is 748. The first kappa shape index (κ1) is 11.6. The lowest BCUT2D eigenvalue weighted by molar-refractivity contribution is 0.103. The van der Waals surface area contributed by atoms with Crippen LogP contribution in [0.1, 0.15) is 21.5 Å². The number of fused-ring (bicyclic) bond motifs is 1. The molecule has 0 saturated carbocycles. The van der Waals surface area contributed by atoms with Gasteiger partial charge in [-0.3, -0.25) is 9.78 Å². The molecule has 0 bridgehead atoms. The van der Waals surface area contributed by atoms with Gasteiger partial charge in [0.05, 0.1) is 5.52 Å². The summed E-state index contributed by atoms with van der Waals surface area (Å²) in [4.78, 5) is 16.8. The Kier molecular flexibility index (Phi) is 2.84. The zero-order valence-corrected chi connectivity index (χ0v) is 10.6. The molecular formula is C17H13NO. The third-order valence-corrected chi connectivity index (χ3v) is 3.33. The molecule has 3 rings (SSSR count). The van der Waals surface area contributed by atoms with Gasteiger partial charge in [0.15, 0.2) is 5.78 Å². The normalized spacial score (nSPS) is 10.6. The van der Waals surface area contributed by atoms with E-state index < -0.39 is 0 Å². The minimum absolute atomic E-state index is 0.0244. The molecule has 3 aromatic rings. The Labute approximate surface area is 111 Å². The second-order valence-corrected chi connectivity index (χ2v) is 4.51. The van der Waals surface area contributed by atoms with Crippen molar-refractivity contribution in [2.45, 2.75) is 6.92 Å². The summed E-state index contributed by atoms with van der Waals surface area (Å²) in [6, 6.07) is 17.2. The fraction of sp³-hybridized carbons (Fsp3) is 0.0588. The molecular weight excluding hydrogens is 234 g/mol. The number of aryl methyl sites for hydroxylation is 1. The largest absolute Gasteiger partial charge is 0.289 e. The van der Waals surface area contributed by atoms with E-state index in [0.717, 1.165) is 16.5 Å². The monoisotopic (exact) mass is 247 g/mol. The standard InChI is InChI=1S/C17H13NO/c1-12-14-9-5-6-10-16(14)18-11-15(12)17(19)13-7-3-2-4-8-13/h2-11H,1H3. The first-order valence-corrected chi connectivity index (χ1v) is 6.21. The maximum atomic E-state index is 12.5. The van der Waals surface area contributed by atoms with E-state index in [1.54, 1.807) is 6.20 Å². The predicted octanol–water partition coefficient (Wildman–Crippen LogP) is 3.77. The summed E-state index contributed by atoms with van der Waals surface area (Å²) in [7, 11) is 0. The molecule has 0 fully saturated rings. The summed E-state index contributed by atoms with van der Waals surface area (Å²) in [6.45, 7) is 1.97. The number of ketones is 1. The molecule has 2 aromatic carbocycles. The highest BCUT2D eigenvalue weighted by molar-refractivity contribution is 6.11. The number of benzene rings is 2. The van der Waals surface area contributed by atoms with Crippen molar-refractivity contribution >= 4 is 16.7 Å². The Morgan fingerprint density at radius 3 is 2.42 bits per heavy atom. The minimum Gasteiger partial charge on any atom is -0.289 e. The molecule has 0 saturated heterocycles. The van der Waals surface area contributed by atoms with Crippen LogP contribution >= 0.6 is 0 Å². The summed E-state index contributed by atoms with van der Waals surface area (Å²) in [5, 5.41) is 1.03. The fourth-order valence-electron chi connectivity index (χ4n) is 2.25. The number of pyridine rings is 1. The topological polar surface area (TPSA) is 30.0 Å². The van der Waals surface area contributed by atoms with Crippen LogP contribution in [0.3, 0.4) is 0 Å². The molecule has 0 spiro atoms. The average molecular weight is 247 g/mol. The zero-order chi connectivity index (χ0) is 13.2. The van der Waals surface area contributed by atoms with E-state index >= 15 is 0 Å². The summed E-state index contributed by atoms with van der Waals surface area (Å²) < 4.78 is 0. The van der Waals surface area contributed by atoms with Crippen molar-refractivity contribution in [2.24, 2.45) is 0 Å². The second-order valence-electron chi connectivity index (χ2n) is 4.51. The number of carbonyl (C=O) groups excluding carboxylic acids is 1. The van der Waals surface area contributed by atoms with E-state index in [4.69, 9.17) is 0 Å². The van der Waals surface area contributed by atoms with Crippen molar-refractivity contribution in [2.75, 3.05) is 0 Å². The Morgan fingerprint density at radius 1 is 0.947 bits per heavy atom. The van der Waals surface area contributed by atoms with Crippen LogP contribution in [0, 0.1) is 6.92 Å². The lowest BCUT2D eigenvalue weighted by atomic mass is 9.98. The fourth-order valence-corrected chi connectivity index (χ4v) is 2.25. The molecule has 2 nitrogen and oxygen atoms in total. The quantitative estimate of drug-likeness (QED) is 0.645. The number of hydrogen-bond donors (Lipinski definition) is 0. The van der Waals surface area contributed by atoms with Crippen molar-refractivity contribution in [3.05, 3.63) is 77.5 Å². The van der Waals surface area contributed by atoms with E-state index in [-0.39, 0.29) is 5.78 Å². The third-order valence-electron chi connectivity index (χ3n) is 3.33. The summed E-state index contributed by atoms with van der Waals surface area (Å²) in [6.07, 6.45) is 1.67. The van der Waals surface area contributed by atoms with Crippen LogP contribution in [0.2, 0.25) is 0 Å². The van der Waals surface area contributed by atoms with Crippen LogP contribution in [-0.4, -0.2) is 10.8 Å². The Balaban J connectivity index is 2.16. The lowest BCUT2D eigenvalue weighted by Gasteiger charge is -2.07. The van der Waals surface area contributed by atoms with E-state index in [1.165, 1.54) is 0 Å². The van der Waals surface area contributed by atoms with Gasteiger partial charge >= 0.3 is 0 Å². The third kappa shape index (κ3) is 2.02. The maximum absolute atomic E-state index is 12.5. The van der Waals surface area contributed by atoms with Gasteiger partial charge < -0.3 is 0 Å². The number of hydrogen-bond acceptors (Lipinski definition) is 2. The van der Waals surface area contributed by atoms with Gasteiger partial charge in [-0.05, 0) is 18.6 Å². The molecule has 0 amide bonds. The minimum atomic E-state index is 0.0244. The number of rotatable bonds is 2. The van der Waals surface area contributed by atoms with Crippen molar-refractivity contribution in [3.8, 4) is 0 Å². The van der Waals surface area contributed by atoms with E-state index in [0.29, 0.717) is 11.1 Å². The molecule has 0 aliphatic rings. The first-order valence-electron chi connectivity index (χ1n) is 6.21. The molecule has 0 unspecified atom stereocenters. The molecule has 19 heavy (non-hydrogen) atoms. The van der Waals surface area contributed by atoms with Crippen LogP contribution in [0.5, 0.6) is 0 Å². The van der Waals surface area contributed by atoms with Crippen LogP contribution < -0.4 is 0 Å². The summed E-state index contributed by atoms with van der Waals surface area (Å²) in [5.74, 6) is 0.0244. The summed E-state index contributed by atoms with van der Waals surface area (Å²) >= 11 is 0. The molecule has 0 aliphatic heterocycles. The Hall–Kier alpha value is -2.48. The van der Waals surface area contributed by atoms with E-state index in [1.807, 2.05) is 61.5 Å². The predicted molar refractivity (Wildman–Crippen MR) is 76.4 cm³/mol. The highest BCUT2D eigenvalue weighted by atomic mass is 16.1. The molecule has 1 heterocycles. The summed E-state index contributed by atoms with van der Waals surface area (Å²) in [5.41, 5.74) is 3.27. The molecule has 0 radical (unpaired) electrons. The van der Waals surface area contributed by atoms with Gasteiger partial charge in [-0.25, -0.2) is 0 Å². The van der Waals surface area contributed by atoms with E-state index in [2.05, 4.69) is 4.98 Å². The number of nitrogens with zero attached hydrogens (tertiary/aromatic N) is 1. The molecule has 92 valence electrons. The number of aromatic nitrogens is 1. The van der Waals surface area contributed by atoms with Crippen molar-refractivity contribution in [3.63, 3.8) is 0 Å². The number of para-hydroxylation sites is 1. The maximum Gasteiger partial charge on any atom is 0.194 e. The van der Waals surface area contributed by atoms with Crippen molar-refractivity contribution < 1.29 is 4.79 Å². The van der Waals surface area contributed by atoms with Crippen LogP contribution in [0.4, 0.5) is 0 Å². The SMILES string of the molecule is Cc1c(C(=O)c2ccccc2)cnc2ccccc12. The molecule has 2 heteroatoms. The van der Waals surface area contributed by atoms with Crippen LogP contribution in [0.25, 0.3) is 10.9 Å². The van der Waals surface area contributed by atoms with Gasteiger partial charge in [-0.2, -0.15) is 0 Å². The average Bonchev–Trinajstić information content (AvgIpc) is 2.48. The van der Waals surface area contributed by atoms with Gasteiger partial charge in [0.2, 0.25) is 0 Å². The Morgan fingerprint density at radius 2 is 1.63 bits per heavy atom. The zero-order valence-electron chi connectivity index (χ0n) is 10.6.